The zero-order chi connectivity index (χ0) is 29.1. The molecule has 3 aliphatic heterocycles. The van der Waals surface area contributed by atoms with Crippen molar-refractivity contribution in [3.05, 3.63) is 53.3 Å². The predicted molar refractivity (Wildman–Crippen MR) is 145 cm³/mol. The largest absolute Gasteiger partial charge is 0.435 e. The van der Waals surface area contributed by atoms with Crippen LogP contribution in [0.1, 0.15) is 37.6 Å². The quantitative estimate of drug-likeness (QED) is 0.518. The fraction of sp³-hybridized carbons (Fsp3) is 0.483. The molecule has 3 atom stereocenters. The van der Waals surface area contributed by atoms with Crippen LogP contribution >= 0.6 is 0 Å². The number of benzene rings is 1. The van der Waals surface area contributed by atoms with Crippen LogP contribution in [-0.2, 0) is 16.0 Å². The van der Waals surface area contributed by atoms with E-state index in [1.807, 2.05) is 12.2 Å². The lowest BCUT2D eigenvalue weighted by Crippen LogP contribution is -2.53. The highest BCUT2D eigenvalue weighted by atomic mass is 19.3. The van der Waals surface area contributed by atoms with Crippen molar-refractivity contribution in [3.63, 3.8) is 0 Å². The number of hydrogen-bond donors (Lipinski definition) is 2. The lowest BCUT2D eigenvalue weighted by atomic mass is 9.80. The minimum atomic E-state index is -2.98. The molecule has 0 saturated carbocycles. The fourth-order valence-electron chi connectivity index (χ4n) is 6.61. The van der Waals surface area contributed by atoms with Crippen LogP contribution < -0.4 is 4.74 Å². The van der Waals surface area contributed by atoms with Gasteiger partial charge in [0.25, 0.3) is 5.91 Å². The summed E-state index contributed by atoms with van der Waals surface area (Å²) in [5, 5.41) is 11.1. The molecule has 1 aromatic carbocycles. The zero-order valence-corrected chi connectivity index (χ0v) is 23.0. The number of aliphatic hydroxyl groups is 1. The smallest absolute Gasteiger partial charge is 0.387 e. The van der Waals surface area contributed by atoms with Gasteiger partial charge in [0, 0.05) is 69.2 Å². The summed E-state index contributed by atoms with van der Waals surface area (Å²) in [6.07, 6.45) is 5.29. The molecule has 4 heterocycles. The highest BCUT2D eigenvalue weighted by molar-refractivity contribution is 6.08. The van der Waals surface area contributed by atoms with Crippen molar-refractivity contribution in [2.75, 3.05) is 39.3 Å². The van der Waals surface area contributed by atoms with E-state index in [1.165, 1.54) is 17.0 Å². The van der Waals surface area contributed by atoms with Crippen LogP contribution in [0.3, 0.4) is 0 Å². The first-order valence-corrected chi connectivity index (χ1v) is 13.9. The molecule has 2 N–H and O–H groups in total. The lowest BCUT2D eigenvalue weighted by molar-refractivity contribution is -0.133. The SMILES string of the molecule is CC(=O)N1CCN(CCN2C(=O)N3[C@H](C4=CC(O)CC=C4)c4[nH]c5ccc(OC(F)F)cc5c4C[C@@]3(C)C2=O)CC1. The first kappa shape index (κ1) is 27.4. The van der Waals surface area contributed by atoms with E-state index >= 15 is 0 Å². The molecule has 4 aliphatic rings. The molecular formula is C29H33F2N5O5. The van der Waals surface area contributed by atoms with Crippen LogP contribution in [0.4, 0.5) is 13.6 Å². The molecule has 218 valence electrons. The van der Waals surface area contributed by atoms with Gasteiger partial charge in [-0.3, -0.25) is 24.3 Å². The number of rotatable bonds is 6. The van der Waals surface area contributed by atoms with Crippen molar-refractivity contribution in [1.82, 2.24) is 24.6 Å². The van der Waals surface area contributed by atoms with Gasteiger partial charge in [-0.1, -0.05) is 18.2 Å². The van der Waals surface area contributed by atoms with E-state index in [4.69, 9.17) is 0 Å². The maximum Gasteiger partial charge on any atom is 0.387 e. The van der Waals surface area contributed by atoms with Crippen LogP contribution in [0.2, 0.25) is 0 Å². The minimum Gasteiger partial charge on any atom is -0.435 e. The van der Waals surface area contributed by atoms with Gasteiger partial charge >= 0.3 is 12.6 Å². The van der Waals surface area contributed by atoms with Gasteiger partial charge in [-0.15, -0.1) is 0 Å². The molecule has 6 rings (SSSR count). The Labute approximate surface area is 235 Å². The number of alkyl halides is 2. The molecule has 2 fully saturated rings. The number of fused-ring (bicyclic) bond motifs is 4. The number of hydrogen-bond acceptors (Lipinski definition) is 6. The second-order valence-electron chi connectivity index (χ2n) is 11.3. The monoisotopic (exact) mass is 569 g/mol. The van der Waals surface area contributed by atoms with Crippen molar-refractivity contribution in [1.29, 1.82) is 0 Å². The maximum absolute atomic E-state index is 14.0. The lowest BCUT2D eigenvalue weighted by Gasteiger charge is -2.43. The number of carbonyl (C=O) groups is 3. The molecule has 41 heavy (non-hydrogen) atoms. The number of aromatic amines is 1. The third-order valence-electron chi connectivity index (χ3n) is 8.71. The summed E-state index contributed by atoms with van der Waals surface area (Å²) in [7, 11) is 0. The number of nitrogens with one attached hydrogen (secondary N) is 1. The van der Waals surface area contributed by atoms with Gasteiger partial charge in [-0.2, -0.15) is 8.78 Å². The van der Waals surface area contributed by atoms with Gasteiger partial charge in [0.05, 0.1) is 6.10 Å². The molecule has 1 unspecified atom stereocenters. The van der Waals surface area contributed by atoms with Crippen molar-refractivity contribution >= 4 is 28.7 Å². The molecule has 0 spiro atoms. The fourth-order valence-corrected chi connectivity index (χ4v) is 6.61. The number of aromatic nitrogens is 1. The summed E-state index contributed by atoms with van der Waals surface area (Å²) in [4.78, 5) is 49.9. The Balaban J connectivity index is 1.35. The standard InChI is InChI=1S/C29H33F2N5O5/c1-17(37)34-11-8-33(9-12-34)10-13-35-26(39)29(2)16-22-21-15-20(41-27(30)31)6-7-23(21)32-24(22)25(36(29)28(35)40)18-4-3-5-19(38)14-18/h3-4,6-7,14-15,19,25,27,32,38H,5,8-13,16H2,1-2H3/t19?,25-,29+/m1/s1. The second kappa shape index (κ2) is 10.3. The van der Waals surface area contributed by atoms with E-state index in [9.17, 15) is 28.3 Å². The molecule has 12 heteroatoms. The van der Waals surface area contributed by atoms with Crippen molar-refractivity contribution < 1.29 is 33.0 Å². The molecule has 0 bridgehead atoms. The van der Waals surface area contributed by atoms with Gasteiger partial charge < -0.3 is 19.7 Å². The maximum atomic E-state index is 14.0. The predicted octanol–water partition coefficient (Wildman–Crippen LogP) is 2.80. The molecule has 2 aromatic rings. The Morgan fingerprint density at radius 1 is 1.20 bits per heavy atom. The number of carbonyl (C=O) groups excluding carboxylic acids is 3. The highest BCUT2D eigenvalue weighted by Crippen LogP contribution is 2.49. The number of ether oxygens (including phenoxy) is 1. The number of urea groups is 1. The first-order valence-electron chi connectivity index (χ1n) is 13.9. The van der Waals surface area contributed by atoms with Gasteiger partial charge in [0.15, 0.2) is 0 Å². The van der Waals surface area contributed by atoms with E-state index in [-0.39, 0.29) is 30.5 Å². The second-order valence-corrected chi connectivity index (χ2v) is 11.3. The number of amides is 4. The first-order chi connectivity index (χ1) is 19.6. The minimum absolute atomic E-state index is 0.00551. The molecular weight excluding hydrogens is 536 g/mol. The Hall–Kier alpha value is -3.77. The number of aliphatic hydroxyl groups excluding tert-OH is 1. The number of piperazine rings is 1. The van der Waals surface area contributed by atoms with E-state index in [0.717, 1.165) is 5.56 Å². The van der Waals surface area contributed by atoms with Gasteiger partial charge in [-0.25, -0.2) is 4.79 Å². The molecule has 1 aliphatic carbocycles. The van der Waals surface area contributed by atoms with Crippen LogP contribution in [0.5, 0.6) is 5.75 Å². The number of imide groups is 1. The Morgan fingerprint density at radius 3 is 2.63 bits per heavy atom. The highest BCUT2D eigenvalue weighted by Gasteiger charge is 2.60. The van der Waals surface area contributed by atoms with Gasteiger partial charge in [0.1, 0.15) is 17.3 Å². The third kappa shape index (κ3) is 4.68. The normalized spacial score (nSPS) is 26.6. The van der Waals surface area contributed by atoms with Crippen molar-refractivity contribution in [2.24, 2.45) is 0 Å². The summed E-state index contributed by atoms with van der Waals surface area (Å²) in [6, 6.07) is 3.53. The average Bonchev–Trinajstić information content (AvgIpc) is 3.37. The van der Waals surface area contributed by atoms with Crippen LogP contribution in [0.15, 0.2) is 42.0 Å². The van der Waals surface area contributed by atoms with Crippen LogP contribution in [-0.4, -0.2) is 105 Å². The third-order valence-corrected chi connectivity index (χ3v) is 8.71. The number of H-pyrrole nitrogens is 1. The van der Waals surface area contributed by atoms with E-state index in [1.54, 1.807) is 35.8 Å². The Bertz CT molecular complexity index is 1460. The van der Waals surface area contributed by atoms with Crippen molar-refractivity contribution in [3.8, 4) is 5.75 Å². The number of halogens is 2. The summed E-state index contributed by atoms with van der Waals surface area (Å²) in [6.45, 7) is 3.54. The molecule has 4 amide bonds. The van der Waals surface area contributed by atoms with Gasteiger partial charge in [0.2, 0.25) is 5.91 Å². The van der Waals surface area contributed by atoms with Crippen molar-refractivity contribution in [2.45, 2.75) is 51.0 Å². The average molecular weight is 570 g/mol. The molecule has 1 aromatic heterocycles. The van der Waals surface area contributed by atoms with Crippen LogP contribution in [0, 0.1) is 0 Å². The molecule has 10 nitrogen and oxygen atoms in total. The van der Waals surface area contributed by atoms with E-state index in [0.29, 0.717) is 61.3 Å². The van der Waals surface area contributed by atoms with E-state index in [2.05, 4.69) is 14.6 Å². The summed E-state index contributed by atoms with van der Waals surface area (Å²) >= 11 is 0. The van der Waals surface area contributed by atoms with Gasteiger partial charge in [-0.05, 0) is 42.7 Å². The molecule has 2 saturated heterocycles. The summed E-state index contributed by atoms with van der Waals surface area (Å²) in [5.41, 5.74) is 1.55. The van der Waals surface area contributed by atoms with E-state index < -0.39 is 30.3 Å². The Kier molecular flexibility index (Phi) is 6.85. The summed E-state index contributed by atoms with van der Waals surface area (Å²) in [5.74, 6) is -0.285. The Morgan fingerprint density at radius 2 is 1.95 bits per heavy atom. The topological polar surface area (TPSA) is 109 Å². The zero-order valence-electron chi connectivity index (χ0n) is 23.0. The number of nitrogens with zero attached hydrogens (tertiary/aromatic N) is 4. The molecule has 0 radical (unpaired) electrons. The van der Waals surface area contributed by atoms with Crippen LogP contribution in [0.25, 0.3) is 10.9 Å². The summed E-state index contributed by atoms with van der Waals surface area (Å²) < 4.78 is 30.6.